The van der Waals surface area contributed by atoms with E-state index in [1.165, 1.54) is 23.7 Å². The number of carbonyl (C=O) groups is 2. The first kappa shape index (κ1) is 17.0. The predicted molar refractivity (Wildman–Crippen MR) is 93.3 cm³/mol. The van der Waals surface area contributed by atoms with Crippen LogP contribution in [0.4, 0.5) is 4.79 Å². The second-order valence-corrected chi connectivity index (χ2v) is 7.92. The number of aromatic nitrogens is 3. The van der Waals surface area contributed by atoms with Crippen molar-refractivity contribution in [3.8, 4) is 0 Å². The van der Waals surface area contributed by atoms with Gasteiger partial charge in [0.1, 0.15) is 5.82 Å². The molecule has 0 saturated heterocycles. The van der Waals surface area contributed by atoms with E-state index in [1.54, 1.807) is 18.3 Å². The Morgan fingerprint density at radius 3 is 2.88 bits per heavy atom. The zero-order valence-electron chi connectivity index (χ0n) is 13.5. The largest absolute Gasteiger partial charge is 0.341 e. The molecule has 3 amide bonds. The molecule has 0 bridgehead atoms. The molecule has 2 N–H and O–H groups in total. The summed E-state index contributed by atoms with van der Waals surface area (Å²) in [5.74, 6) is 0.589. The van der Waals surface area contributed by atoms with Crippen molar-refractivity contribution in [3.05, 3.63) is 28.2 Å². The van der Waals surface area contributed by atoms with Crippen molar-refractivity contribution < 1.29 is 9.59 Å². The van der Waals surface area contributed by atoms with E-state index in [0.29, 0.717) is 6.04 Å². The van der Waals surface area contributed by atoms with Gasteiger partial charge in [-0.05, 0) is 31.2 Å². The lowest BCUT2D eigenvalue weighted by Crippen LogP contribution is -2.41. The van der Waals surface area contributed by atoms with Gasteiger partial charge in [-0.1, -0.05) is 17.8 Å². The van der Waals surface area contributed by atoms with Crippen LogP contribution in [0.5, 0.6) is 0 Å². The minimum Gasteiger partial charge on any atom is -0.341 e. The maximum atomic E-state index is 12.0. The van der Waals surface area contributed by atoms with Crippen LogP contribution in [-0.2, 0) is 11.2 Å². The molecule has 1 atom stereocenters. The van der Waals surface area contributed by atoms with Gasteiger partial charge in [0.2, 0.25) is 5.91 Å². The minimum absolute atomic E-state index is 0.343. The summed E-state index contributed by atoms with van der Waals surface area (Å²) in [5, 5.41) is 15.6. The first-order valence-corrected chi connectivity index (χ1v) is 9.49. The van der Waals surface area contributed by atoms with Crippen LogP contribution < -0.4 is 10.6 Å². The topological polar surface area (TPSA) is 88.9 Å². The second kappa shape index (κ2) is 7.35. The molecule has 0 unspecified atom stereocenters. The van der Waals surface area contributed by atoms with Gasteiger partial charge in [-0.3, -0.25) is 10.1 Å². The lowest BCUT2D eigenvalue weighted by Gasteiger charge is -2.12. The fourth-order valence-electron chi connectivity index (χ4n) is 2.26. The Balaban J connectivity index is 1.72. The quantitative estimate of drug-likeness (QED) is 0.766. The highest BCUT2D eigenvalue weighted by Crippen LogP contribution is 2.40. The van der Waals surface area contributed by atoms with E-state index in [2.05, 4.69) is 31.5 Å². The lowest BCUT2D eigenvalue weighted by molar-refractivity contribution is -0.119. The van der Waals surface area contributed by atoms with Gasteiger partial charge in [0.15, 0.2) is 5.16 Å². The monoisotopic (exact) mass is 365 g/mol. The number of carbonyl (C=O) groups excluding carboxylic acids is 2. The summed E-state index contributed by atoms with van der Waals surface area (Å²) in [7, 11) is 1.47. The van der Waals surface area contributed by atoms with Crippen molar-refractivity contribution in [2.24, 2.45) is 0 Å². The lowest BCUT2D eigenvalue weighted by atomic mass is 10.3. The van der Waals surface area contributed by atoms with Crippen molar-refractivity contribution in [3.63, 3.8) is 0 Å². The van der Waals surface area contributed by atoms with Gasteiger partial charge < -0.3 is 9.88 Å². The maximum absolute atomic E-state index is 12.0. The smallest absolute Gasteiger partial charge is 0.321 e. The van der Waals surface area contributed by atoms with Crippen LogP contribution in [0.3, 0.4) is 0 Å². The SMILES string of the molecule is CNC(=O)NC(=O)[C@@H](C)Sc1nnc(Cc2cccs2)n1C1CC1. The number of rotatable bonds is 6. The fraction of sp³-hybridized carbons (Fsp3) is 0.467. The minimum atomic E-state index is -0.505. The van der Waals surface area contributed by atoms with Gasteiger partial charge in [-0.2, -0.15) is 0 Å². The van der Waals surface area contributed by atoms with E-state index in [1.807, 2.05) is 11.4 Å². The predicted octanol–water partition coefficient (Wildman–Crippen LogP) is 2.20. The average molecular weight is 365 g/mol. The molecule has 128 valence electrons. The Morgan fingerprint density at radius 1 is 1.46 bits per heavy atom. The summed E-state index contributed by atoms with van der Waals surface area (Å²) in [5.41, 5.74) is 0. The van der Waals surface area contributed by atoms with E-state index >= 15 is 0 Å². The van der Waals surface area contributed by atoms with Gasteiger partial charge >= 0.3 is 6.03 Å². The van der Waals surface area contributed by atoms with Crippen LogP contribution in [-0.4, -0.2) is 39.0 Å². The summed E-state index contributed by atoms with van der Waals surface area (Å²) in [6.07, 6.45) is 2.98. The molecule has 0 aromatic carbocycles. The van der Waals surface area contributed by atoms with E-state index < -0.39 is 11.3 Å². The Kier molecular flexibility index (Phi) is 5.20. The number of thiophene rings is 1. The van der Waals surface area contributed by atoms with Gasteiger partial charge in [0.05, 0.1) is 5.25 Å². The van der Waals surface area contributed by atoms with Crippen LogP contribution in [0.1, 0.15) is 36.5 Å². The Hall–Kier alpha value is -1.87. The van der Waals surface area contributed by atoms with Gasteiger partial charge in [-0.25, -0.2) is 4.79 Å². The summed E-state index contributed by atoms with van der Waals surface area (Å²) < 4.78 is 2.15. The molecular weight excluding hydrogens is 346 g/mol. The van der Waals surface area contributed by atoms with Crippen LogP contribution in [0.2, 0.25) is 0 Å². The van der Waals surface area contributed by atoms with Crippen LogP contribution >= 0.6 is 23.1 Å². The number of nitrogens with zero attached hydrogens (tertiary/aromatic N) is 3. The van der Waals surface area contributed by atoms with Crippen LogP contribution in [0.15, 0.2) is 22.7 Å². The molecule has 1 fully saturated rings. The molecule has 1 aliphatic rings. The van der Waals surface area contributed by atoms with Crippen molar-refractivity contribution in [2.45, 2.75) is 42.6 Å². The third-order valence-corrected chi connectivity index (χ3v) is 5.61. The zero-order chi connectivity index (χ0) is 17.1. The third-order valence-electron chi connectivity index (χ3n) is 3.67. The Labute approximate surface area is 148 Å². The molecule has 3 rings (SSSR count). The van der Waals surface area contributed by atoms with Crippen LogP contribution in [0, 0.1) is 0 Å². The molecule has 1 saturated carbocycles. The highest BCUT2D eigenvalue weighted by molar-refractivity contribution is 8.00. The third kappa shape index (κ3) is 3.96. The average Bonchev–Trinajstić information content (AvgIpc) is 3.12. The van der Waals surface area contributed by atoms with Crippen molar-refractivity contribution >= 4 is 35.0 Å². The summed E-state index contributed by atoms with van der Waals surface area (Å²) in [6.45, 7) is 1.76. The van der Waals surface area contributed by atoms with Crippen molar-refractivity contribution in [1.82, 2.24) is 25.4 Å². The summed E-state index contributed by atoms with van der Waals surface area (Å²) in [6, 6.07) is 4.03. The van der Waals surface area contributed by atoms with Gasteiger partial charge in [-0.15, -0.1) is 21.5 Å². The molecule has 2 aromatic heterocycles. The molecule has 0 radical (unpaired) electrons. The maximum Gasteiger partial charge on any atom is 0.321 e. The number of amides is 3. The molecule has 7 nitrogen and oxygen atoms in total. The summed E-state index contributed by atoms with van der Waals surface area (Å²) in [4.78, 5) is 24.5. The standard InChI is InChI=1S/C15H19N5O2S2/c1-9(13(21)17-14(22)16-2)24-15-19-18-12(20(15)10-5-6-10)8-11-4-3-7-23-11/h3-4,7,9-10H,5-6,8H2,1-2H3,(H2,16,17,21,22)/t9-/m1/s1. The van der Waals surface area contributed by atoms with Gasteiger partial charge in [0, 0.05) is 24.4 Å². The molecular formula is C15H19N5O2S2. The van der Waals surface area contributed by atoms with Crippen molar-refractivity contribution in [1.29, 1.82) is 0 Å². The molecule has 1 aliphatic carbocycles. The molecule has 2 aromatic rings. The zero-order valence-corrected chi connectivity index (χ0v) is 15.1. The van der Waals surface area contributed by atoms with E-state index in [-0.39, 0.29) is 5.91 Å². The van der Waals surface area contributed by atoms with E-state index in [9.17, 15) is 9.59 Å². The normalized spacial score (nSPS) is 15.1. The Morgan fingerprint density at radius 2 is 2.25 bits per heavy atom. The highest BCUT2D eigenvalue weighted by Gasteiger charge is 2.31. The fourth-order valence-corrected chi connectivity index (χ4v) is 3.90. The number of urea groups is 1. The second-order valence-electron chi connectivity index (χ2n) is 5.58. The molecule has 9 heteroatoms. The number of hydrogen-bond acceptors (Lipinski definition) is 6. The van der Waals surface area contributed by atoms with Crippen LogP contribution in [0.25, 0.3) is 0 Å². The molecule has 2 heterocycles. The number of thioether (sulfide) groups is 1. The highest BCUT2D eigenvalue weighted by atomic mass is 32.2. The van der Waals surface area contributed by atoms with E-state index in [0.717, 1.165) is 30.2 Å². The molecule has 24 heavy (non-hydrogen) atoms. The summed E-state index contributed by atoms with van der Waals surface area (Å²) >= 11 is 3.03. The van der Waals surface area contributed by atoms with E-state index in [4.69, 9.17) is 0 Å². The Bertz CT molecular complexity index is 724. The first-order valence-electron chi connectivity index (χ1n) is 7.74. The van der Waals surface area contributed by atoms with Crippen molar-refractivity contribution in [2.75, 3.05) is 7.05 Å². The molecule has 0 spiro atoms. The number of nitrogens with one attached hydrogen (secondary N) is 2. The molecule has 0 aliphatic heterocycles. The van der Waals surface area contributed by atoms with Gasteiger partial charge in [0.25, 0.3) is 0 Å². The number of hydrogen-bond donors (Lipinski definition) is 2. The number of imide groups is 1. The first-order chi connectivity index (χ1) is 11.6.